The number of carbonyl (C=O) groups is 1. The Balaban J connectivity index is 2.65. The molecule has 1 rings (SSSR count). The summed E-state index contributed by atoms with van der Waals surface area (Å²) >= 11 is 6.08. The van der Waals surface area contributed by atoms with Crippen molar-refractivity contribution in [3.63, 3.8) is 0 Å². The average molecular weight is 300 g/mol. The Kier molecular flexibility index (Phi) is 5.77. The summed E-state index contributed by atoms with van der Waals surface area (Å²) in [4.78, 5) is 15.9. The average Bonchev–Trinajstić information content (AvgIpc) is 2.29. The zero-order valence-electron chi connectivity index (χ0n) is 12.4. The normalized spacial score (nSPS) is 12.9. The number of rotatable bonds is 4. The van der Waals surface area contributed by atoms with Crippen molar-refractivity contribution in [2.75, 3.05) is 6.54 Å². The molecule has 0 aliphatic carbocycles. The standard InChI is InChI=1S/C14H22ClN3O2/c1-9-5-6-10(12(15)17-9)7-11(8-16)18-13(19)20-14(2,3)4/h5-6,11H,7-8,16H2,1-4H3,(H,18,19). The SMILES string of the molecule is Cc1ccc(CC(CN)NC(=O)OC(C)(C)C)c(Cl)n1. The summed E-state index contributed by atoms with van der Waals surface area (Å²) in [6, 6.07) is 3.53. The van der Waals surface area contributed by atoms with Crippen molar-refractivity contribution in [3.05, 3.63) is 28.5 Å². The number of ether oxygens (including phenoxy) is 1. The van der Waals surface area contributed by atoms with Gasteiger partial charge in [-0.15, -0.1) is 0 Å². The highest BCUT2D eigenvalue weighted by Crippen LogP contribution is 2.15. The van der Waals surface area contributed by atoms with Crippen LogP contribution in [0.3, 0.4) is 0 Å². The molecule has 1 amide bonds. The number of nitrogens with zero attached hydrogens (tertiary/aromatic N) is 1. The summed E-state index contributed by atoms with van der Waals surface area (Å²) in [5.74, 6) is 0. The van der Waals surface area contributed by atoms with E-state index in [2.05, 4.69) is 10.3 Å². The molecule has 1 aromatic rings. The maximum absolute atomic E-state index is 11.7. The summed E-state index contributed by atoms with van der Waals surface area (Å²) in [6.45, 7) is 7.60. The highest BCUT2D eigenvalue weighted by molar-refractivity contribution is 6.30. The van der Waals surface area contributed by atoms with Crippen LogP contribution in [0.15, 0.2) is 12.1 Å². The third-order valence-corrected chi connectivity index (χ3v) is 2.86. The van der Waals surface area contributed by atoms with E-state index in [4.69, 9.17) is 22.1 Å². The quantitative estimate of drug-likeness (QED) is 0.837. The Morgan fingerprint density at radius 2 is 2.15 bits per heavy atom. The van der Waals surface area contributed by atoms with E-state index >= 15 is 0 Å². The van der Waals surface area contributed by atoms with Crippen molar-refractivity contribution in [2.24, 2.45) is 5.73 Å². The lowest BCUT2D eigenvalue weighted by Crippen LogP contribution is -2.44. The Morgan fingerprint density at radius 3 is 2.65 bits per heavy atom. The van der Waals surface area contributed by atoms with Gasteiger partial charge in [0, 0.05) is 18.3 Å². The monoisotopic (exact) mass is 299 g/mol. The van der Waals surface area contributed by atoms with Crippen molar-refractivity contribution in [3.8, 4) is 0 Å². The minimum absolute atomic E-state index is 0.244. The third kappa shape index (κ3) is 5.75. The van der Waals surface area contributed by atoms with Gasteiger partial charge in [-0.3, -0.25) is 0 Å². The highest BCUT2D eigenvalue weighted by Gasteiger charge is 2.19. The summed E-state index contributed by atoms with van der Waals surface area (Å²) in [7, 11) is 0. The summed E-state index contributed by atoms with van der Waals surface area (Å²) < 4.78 is 5.20. The van der Waals surface area contributed by atoms with E-state index in [1.165, 1.54) is 0 Å². The van der Waals surface area contributed by atoms with E-state index < -0.39 is 11.7 Å². The first-order valence-corrected chi connectivity index (χ1v) is 6.90. The maximum Gasteiger partial charge on any atom is 0.407 e. The largest absolute Gasteiger partial charge is 0.444 e. The van der Waals surface area contributed by atoms with Crippen molar-refractivity contribution >= 4 is 17.7 Å². The smallest absolute Gasteiger partial charge is 0.407 e. The Hall–Kier alpha value is -1.33. The molecule has 0 aliphatic heterocycles. The van der Waals surface area contributed by atoms with E-state index in [1.54, 1.807) is 0 Å². The Bertz CT molecular complexity index is 472. The zero-order chi connectivity index (χ0) is 15.3. The van der Waals surface area contributed by atoms with Crippen molar-refractivity contribution in [2.45, 2.75) is 45.8 Å². The Labute approximate surface area is 124 Å². The third-order valence-electron chi connectivity index (χ3n) is 2.54. The van der Waals surface area contributed by atoms with Crippen LogP contribution in [0.25, 0.3) is 0 Å². The molecule has 0 saturated heterocycles. The first-order chi connectivity index (χ1) is 9.21. The van der Waals surface area contributed by atoms with E-state index in [-0.39, 0.29) is 6.04 Å². The van der Waals surface area contributed by atoms with E-state index in [0.29, 0.717) is 18.1 Å². The van der Waals surface area contributed by atoms with Gasteiger partial charge in [-0.1, -0.05) is 17.7 Å². The van der Waals surface area contributed by atoms with Crippen molar-refractivity contribution in [1.29, 1.82) is 0 Å². The fraction of sp³-hybridized carbons (Fsp3) is 0.571. The summed E-state index contributed by atoms with van der Waals surface area (Å²) in [5.41, 5.74) is 6.84. The van der Waals surface area contributed by atoms with Crippen molar-refractivity contribution < 1.29 is 9.53 Å². The molecule has 1 atom stereocenters. The first kappa shape index (κ1) is 16.7. The van der Waals surface area contributed by atoms with Gasteiger partial charge in [0.2, 0.25) is 0 Å². The minimum Gasteiger partial charge on any atom is -0.444 e. The van der Waals surface area contributed by atoms with Gasteiger partial charge in [-0.25, -0.2) is 9.78 Å². The molecule has 6 heteroatoms. The van der Waals surface area contributed by atoms with Crippen LogP contribution in [-0.4, -0.2) is 29.3 Å². The summed E-state index contributed by atoms with van der Waals surface area (Å²) in [6.07, 6.45) is 0.0335. The minimum atomic E-state index is -0.535. The molecule has 0 radical (unpaired) electrons. The lowest BCUT2D eigenvalue weighted by atomic mass is 10.1. The van der Waals surface area contributed by atoms with Gasteiger partial charge in [-0.05, 0) is 45.7 Å². The van der Waals surface area contributed by atoms with Crippen LogP contribution in [0.2, 0.25) is 5.15 Å². The van der Waals surface area contributed by atoms with Gasteiger partial charge in [0.25, 0.3) is 0 Å². The number of aryl methyl sites for hydroxylation is 1. The second-order valence-electron chi connectivity index (χ2n) is 5.69. The number of halogens is 1. The number of alkyl carbamates (subject to hydrolysis) is 1. The lowest BCUT2D eigenvalue weighted by Gasteiger charge is -2.23. The Morgan fingerprint density at radius 1 is 1.50 bits per heavy atom. The molecule has 1 unspecified atom stereocenters. The number of nitrogens with one attached hydrogen (secondary N) is 1. The van der Waals surface area contributed by atoms with Gasteiger partial charge < -0.3 is 15.8 Å². The predicted octanol–water partition coefficient (Wildman–Crippen LogP) is 2.44. The second-order valence-corrected chi connectivity index (χ2v) is 6.04. The number of hydrogen-bond acceptors (Lipinski definition) is 4. The number of aromatic nitrogens is 1. The van der Waals surface area contributed by atoms with Crippen LogP contribution in [0.5, 0.6) is 0 Å². The number of hydrogen-bond donors (Lipinski definition) is 2. The fourth-order valence-electron chi connectivity index (χ4n) is 1.64. The predicted molar refractivity (Wildman–Crippen MR) is 79.9 cm³/mol. The molecule has 112 valence electrons. The van der Waals surface area contributed by atoms with E-state index in [1.807, 2.05) is 39.8 Å². The first-order valence-electron chi connectivity index (χ1n) is 6.53. The number of carbonyl (C=O) groups excluding carboxylic acids is 1. The molecular weight excluding hydrogens is 278 g/mol. The van der Waals surface area contributed by atoms with Crippen molar-refractivity contribution in [1.82, 2.24) is 10.3 Å². The molecule has 0 aromatic carbocycles. The topological polar surface area (TPSA) is 77.2 Å². The number of pyridine rings is 1. The molecule has 1 heterocycles. The summed E-state index contributed by atoms with van der Waals surface area (Å²) in [5, 5.41) is 3.18. The van der Waals surface area contributed by atoms with Crippen LogP contribution in [0.4, 0.5) is 4.79 Å². The van der Waals surface area contributed by atoms with E-state index in [0.717, 1.165) is 11.3 Å². The molecule has 0 bridgehead atoms. The zero-order valence-corrected chi connectivity index (χ0v) is 13.1. The van der Waals surface area contributed by atoms with Gasteiger partial charge in [0.15, 0.2) is 0 Å². The molecule has 0 fully saturated rings. The maximum atomic E-state index is 11.7. The van der Waals surface area contributed by atoms with Gasteiger partial charge in [0.05, 0.1) is 0 Å². The molecular formula is C14H22ClN3O2. The van der Waals surface area contributed by atoms with Gasteiger partial charge in [0.1, 0.15) is 10.8 Å². The fourth-order valence-corrected chi connectivity index (χ4v) is 1.91. The molecule has 0 spiro atoms. The molecule has 1 aromatic heterocycles. The molecule has 20 heavy (non-hydrogen) atoms. The highest BCUT2D eigenvalue weighted by atomic mass is 35.5. The molecule has 5 nitrogen and oxygen atoms in total. The van der Waals surface area contributed by atoms with Crippen LogP contribution in [0, 0.1) is 6.92 Å². The lowest BCUT2D eigenvalue weighted by molar-refractivity contribution is 0.0506. The molecule has 0 saturated carbocycles. The number of nitrogens with two attached hydrogens (primary N) is 1. The van der Waals surface area contributed by atoms with Crippen LogP contribution >= 0.6 is 11.6 Å². The van der Waals surface area contributed by atoms with Crippen LogP contribution < -0.4 is 11.1 Å². The molecule has 3 N–H and O–H groups in total. The molecule has 0 aliphatic rings. The van der Waals surface area contributed by atoms with E-state index in [9.17, 15) is 4.79 Å². The van der Waals surface area contributed by atoms with Gasteiger partial charge in [-0.2, -0.15) is 0 Å². The van der Waals surface area contributed by atoms with Crippen LogP contribution in [0.1, 0.15) is 32.0 Å². The van der Waals surface area contributed by atoms with Gasteiger partial charge >= 0.3 is 6.09 Å². The van der Waals surface area contributed by atoms with Crippen LogP contribution in [-0.2, 0) is 11.2 Å². The number of amides is 1. The second kappa shape index (κ2) is 6.90.